The minimum Gasteiger partial charge on any atom is -0.339 e. The fourth-order valence-corrected chi connectivity index (χ4v) is 5.81. The second-order valence-electron chi connectivity index (χ2n) is 9.54. The van der Waals surface area contributed by atoms with Gasteiger partial charge in [0.2, 0.25) is 0 Å². The largest absolute Gasteiger partial charge is 0.339 e. The van der Waals surface area contributed by atoms with Crippen molar-refractivity contribution in [2.24, 2.45) is 0 Å². The van der Waals surface area contributed by atoms with Gasteiger partial charge in [-0.25, -0.2) is 0 Å². The molecule has 4 heterocycles. The van der Waals surface area contributed by atoms with E-state index in [9.17, 15) is 0 Å². The van der Waals surface area contributed by atoms with Crippen molar-refractivity contribution in [2.45, 2.75) is 46.4 Å². The van der Waals surface area contributed by atoms with E-state index in [2.05, 4.69) is 94.3 Å². The fourth-order valence-electron chi connectivity index (χ4n) is 5.81. The molecule has 0 saturated heterocycles. The molecular formula is C31H35ClN6. The van der Waals surface area contributed by atoms with Crippen molar-refractivity contribution in [3.8, 4) is 0 Å². The van der Waals surface area contributed by atoms with Gasteiger partial charge in [0.15, 0.2) is 0 Å². The summed E-state index contributed by atoms with van der Waals surface area (Å²) in [4.78, 5) is 9.48. The Labute approximate surface area is 229 Å². The number of aromatic nitrogens is 4. The first-order chi connectivity index (χ1) is 18.3. The van der Waals surface area contributed by atoms with Crippen LogP contribution in [0.25, 0.3) is 43.6 Å². The maximum atomic E-state index is 4.74. The van der Waals surface area contributed by atoms with Gasteiger partial charge in [-0.05, 0) is 57.6 Å². The highest BCUT2D eigenvalue weighted by Gasteiger charge is 2.14. The Balaban J connectivity index is 0.00000294. The molecule has 4 aromatic heterocycles. The zero-order valence-electron chi connectivity index (χ0n) is 22.1. The van der Waals surface area contributed by atoms with Crippen LogP contribution in [-0.2, 0) is 26.2 Å². The minimum atomic E-state index is 0. The molecule has 196 valence electrons. The highest BCUT2D eigenvalue weighted by Crippen LogP contribution is 2.31. The molecule has 0 aliphatic carbocycles. The van der Waals surface area contributed by atoms with E-state index < -0.39 is 0 Å². The SMILES string of the molecule is CCn1c2ccccc2c2ccnc(CNCCCNCc3nccc4c5ccccc5n(CC)c34)c21.Cl. The van der Waals surface area contributed by atoms with E-state index in [1.165, 1.54) is 43.6 Å². The summed E-state index contributed by atoms with van der Waals surface area (Å²) in [5.74, 6) is 0. The number of rotatable bonds is 10. The number of benzene rings is 2. The summed E-state index contributed by atoms with van der Waals surface area (Å²) in [5.41, 5.74) is 7.30. The molecule has 2 N–H and O–H groups in total. The summed E-state index contributed by atoms with van der Waals surface area (Å²) < 4.78 is 4.78. The smallest absolute Gasteiger partial charge is 0.0784 e. The first-order valence-corrected chi connectivity index (χ1v) is 13.4. The first-order valence-electron chi connectivity index (χ1n) is 13.4. The van der Waals surface area contributed by atoms with E-state index in [4.69, 9.17) is 9.97 Å². The van der Waals surface area contributed by atoms with Crippen LogP contribution in [0.1, 0.15) is 31.7 Å². The second-order valence-corrected chi connectivity index (χ2v) is 9.54. The van der Waals surface area contributed by atoms with E-state index in [1.54, 1.807) is 0 Å². The van der Waals surface area contributed by atoms with Crippen molar-refractivity contribution in [1.82, 2.24) is 29.7 Å². The van der Waals surface area contributed by atoms with Gasteiger partial charge in [0.05, 0.1) is 22.4 Å². The lowest BCUT2D eigenvalue weighted by Gasteiger charge is -2.10. The van der Waals surface area contributed by atoms with Crippen molar-refractivity contribution in [2.75, 3.05) is 13.1 Å². The first kappa shape index (κ1) is 26.2. The second kappa shape index (κ2) is 11.5. The van der Waals surface area contributed by atoms with E-state index in [0.717, 1.165) is 57.1 Å². The molecule has 0 radical (unpaired) electrons. The standard InChI is InChI=1S/C31H34N6.ClH/c1-3-36-28-12-7-5-10-22(28)24-14-18-34-26(30(24)36)20-32-16-9-17-33-21-27-31-25(15-19-35-27)23-11-6-8-13-29(23)37(31)4-2;/h5-8,10-15,18-19,32-33H,3-4,9,16-17,20-21H2,1-2H3;1H. The molecule has 2 aromatic carbocycles. The minimum absolute atomic E-state index is 0. The summed E-state index contributed by atoms with van der Waals surface area (Å²) in [5, 5.41) is 12.4. The maximum absolute atomic E-state index is 4.74. The predicted octanol–water partition coefficient (Wildman–Crippen LogP) is 6.42. The molecule has 6 rings (SSSR count). The highest BCUT2D eigenvalue weighted by atomic mass is 35.5. The Kier molecular flexibility index (Phi) is 7.93. The average Bonchev–Trinajstić information content (AvgIpc) is 3.46. The van der Waals surface area contributed by atoms with E-state index in [1.807, 2.05) is 12.4 Å². The molecule has 0 amide bonds. The number of hydrogen-bond acceptors (Lipinski definition) is 4. The highest BCUT2D eigenvalue weighted by molar-refractivity contribution is 6.09. The maximum Gasteiger partial charge on any atom is 0.0784 e. The van der Waals surface area contributed by atoms with Crippen LogP contribution in [0.4, 0.5) is 0 Å². The van der Waals surface area contributed by atoms with E-state index in [0.29, 0.717) is 0 Å². The van der Waals surface area contributed by atoms with Gasteiger partial charge >= 0.3 is 0 Å². The number of hydrogen-bond donors (Lipinski definition) is 2. The van der Waals surface area contributed by atoms with E-state index >= 15 is 0 Å². The molecular weight excluding hydrogens is 492 g/mol. The Morgan fingerprint density at radius 1 is 0.605 bits per heavy atom. The fraction of sp³-hybridized carbons (Fsp3) is 0.290. The normalized spacial score (nSPS) is 11.6. The molecule has 6 aromatic rings. The summed E-state index contributed by atoms with van der Waals surface area (Å²) >= 11 is 0. The van der Waals surface area contributed by atoms with Crippen molar-refractivity contribution in [3.05, 3.63) is 84.4 Å². The van der Waals surface area contributed by atoms with Crippen LogP contribution in [0.2, 0.25) is 0 Å². The van der Waals surface area contributed by atoms with Crippen LogP contribution in [0.15, 0.2) is 73.1 Å². The Hall–Kier alpha value is -3.45. The van der Waals surface area contributed by atoms with Gasteiger partial charge in [-0.2, -0.15) is 0 Å². The molecule has 0 fully saturated rings. The molecule has 7 heteroatoms. The topological polar surface area (TPSA) is 59.7 Å². The van der Waals surface area contributed by atoms with Crippen molar-refractivity contribution < 1.29 is 0 Å². The molecule has 6 nitrogen and oxygen atoms in total. The summed E-state index contributed by atoms with van der Waals surface area (Å²) in [6.45, 7) is 9.69. The quantitative estimate of drug-likeness (QED) is 0.202. The number of aryl methyl sites for hydroxylation is 2. The number of para-hydroxylation sites is 2. The summed E-state index contributed by atoms with van der Waals surface area (Å²) in [6, 6.07) is 21.6. The van der Waals surface area contributed by atoms with Crippen LogP contribution in [0.5, 0.6) is 0 Å². The molecule has 0 aliphatic heterocycles. The molecule has 0 atom stereocenters. The van der Waals surface area contributed by atoms with Gasteiger partial charge in [0, 0.05) is 71.2 Å². The lowest BCUT2D eigenvalue weighted by atomic mass is 10.1. The third-order valence-electron chi connectivity index (χ3n) is 7.43. The van der Waals surface area contributed by atoms with Crippen LogP contribution < -0.4 is 10.6 Å². The summed E-state index contributed by atoms with van der Waals surface area (Å²) in [6.07, 6.45) is 4.92. The summed E-state index contributed by atoms with van der Waals surface area (Å²) in [7, 11) is 0. The van der Waals surface area contributed by atoms with Gasteiger partial charge in [-0.1, -0.05) is 36.4 Å². The van der Waals surface area contributed by atoms with Gasteiger partial charge in [-0.15, -0.1) is 12.4 Å². The van der Waals surface area contributed by atoms with Crippen molar-refractivity contribution >= 4 is 56.0 Å². The lowest BCUT2D eigenvalue weighted by Crippen LogP contribution is -2.22. The molecule has 38 heavy (non-hydrogen) atoms. The number of nitrogens with one attached hydrogen (secondary N) is 2. The monoisotopic (exact) mass is 526 g/mol. The van der Waals surface area contributed by atoms with Crippen molar-refractivity contribution in [1.29, 1.82) is 0 Å². The Morgan fingerprint density at radius 3 is 1.50 bits per heavy atom. The molecule has 0 bridgehead atoms. The van der Waals surface area contributed by atoms with Gasteiger partial charge < -0.3 is 19.8 Å². The third kappa shape index (κ3) is 4.53. The Bertz CT molecular complexity index is 1570. The molecule has 0 saturated carbocycles. The van der Waals surface area contributed by atoms with Gasteiger partial charge in [0.1, 0.15) is 0 Å². The van der Waals surface area contributed by atoms with Crippen LogP contribution in [0, 0.1) is 0 Å². The zero-order valence-corrected chi connectivity index (χ0v) is 22.9. The average molecular weight is 527 g/mol. The zero-order chi connectivity index (χ0) is 25.2. The molecule has 0 spiro atoms. The Morgan fingerprint density at radius 2 is 1.05 bits per heavy atom. The molecule has 0 aliphatic rings. The van der Waals surface area contributed by atoms with Gasteiger partial charge in [0.25, 0.3) is 0 Å². The number of nitrogens with zero attached hydrogens (tertiary/aromatic N) is 4. The van der Waals surface area contributed by atoms with Crippen LogP contribution in [-0.4, -0.2) is 32.2 Å². The van der Waals surface area contributed by atoms with Crippen LogP contribution in [0.3, 0.4) is 0 Å². The van der Waals surface area contributed by atoms with Gasteiger partial charge in [-0.3, -0.25) is 9.97 Å². The predicted molar refractivity (Wildman–Crippen MR) is 161 cm³/mol. The number of pyridine rings is 2. The van der Waals surface area contributed by atoms with Crippen LogP contribution >= 0.6 is 12.4 Å². The third-order valence-corrected chi connectivity index (χ3v) is 7.43. The van der Waals surface area contributed by atoms with Crippen molar-refractivity contribution in [3.63, 3.8) is 0 Å². The molecule has 0 unspecified atom stereocenters. The van der Waals surface area contributed by atoms with E-state index in [-0.39, 0.29) is 12.4 Å². The number of fused-ring (bicyclic) bond motifs is 6. The lowest BCUT2D eigenvalue weighted by molar-refractivity contribution is 0.588. The number of halogens is 1.